The summed E-state index contributed by atoms with van der Waals surface area (Å²) < 4.78 is 38.1. The van der Waals surface area contributed by atoms with Crippen LogP contribution in [0.25, 0.3) is 0 Å². The van der Waals surface area contributed by atoms with Crippen molar-refractivity contribution in [3.8, 4) is 0 Å². The third-order valence-electron chi connectivity index (χ3n) is 2.33. The quantitative estimate of drug-likeness (QED) is 0.572. The van der Waals surface area contributed by atoms with Gasteiger partial charge >= 0.3 is 6.18 Å². The summed E-state index contributed by atoms with van der Waals surface area (Å²) in [6.07, 6.45) is -3.23. The zero-order chi connectivity index (χ0) is 15.5. The monoisotopic (exact) mass is 345 g/mol. The van der Waals surface area contributed by atoms with Gasteiger partial charge in [0.05, 0.1) is 16.3 Å². The number of amides is 1. The van der Waals surface area contributed by atoms with E-state index < -0.39 is 22.5 Å². The average molecular weight is 347 g/mol. The molecule has 20 heavy (non-hydrogen) atoms. The van der Waals surface area contributed by atoms with E-state index >= 15 is 0 Å². The fourth-order valence-corrected chi connectivity index (χ4v) is 1.90. The Morgan fingerprint density at radius 3 is 2.45 bits per heavy atom. The third-order valence-corrected chi connectivity index (χ3v) is 3.02. The lowest BCUT2D eigenvalue weighted by molar-refractivity contribution is -0.137. The van der Waals surface area contributed by atoms with E-state index in [2.05, 4.69) is 6.58 Å². The Kier molecular flexibility index (Phi) is 5.74. The number of carbonyl (C=O) groups excluding carboxylic acids is 1. The van der Waals surface area contributed by atoms with Gasteiger partial charge in [0.25, 0.3) is 5.91 Å². The predicted molar refractivity (Wildman–Crippen MR) is 74.5 cm³/mol. The Morgan fingerprint density at radius 2 is 2.00 bits per heavy atom. The number of anilines is 1. The lowest BCUT2D eigenvalue weighted by atomic mass is 10.1. The number of benzene rings is 1. The van der Waals surface area contributed by atoms with Crippen LogP contribution in [0.15, 0.2) is 30.9 Å². The van der Waals surface area contributed by atoms with Gasteiger partial charge in [-0.15, -0.1) is 6.58 Å². The molecule has 0 aliphatic rings. The maximum Gasteiger partial charge on any atom is 0.416 e. The van der Waals surface area contributed by atoms with Crippen LogP contribution in [0.1, 0.15) is 5.56 Å². The van der Waals surface area contributed by atoms with Gasteiger partial charge in [-0.25, -0.2) is 0 Å². The van der Waals surface area contributed by atoms with Crippen LogP contribution in [0.4, 0.5) is 18.9 Å². The van der Waals surface area contributed by atoms with Gasteiger partial charge in [0, 0.05) is 6.54 Å². The molecule has 110 valence electrons. The van der Waals surface area contributed by atoms with Gasteiger partial charge in [-0.3, -0.25) is 4.79 Å². The predicted octanol–water partition coefficient (Wildman–Crippen LogP) is 4.68. The summed E-state index contributed by atoms with van der Waals surface area (Å²) in [5, 5.41) is -0.0258. The zero-order valence-electron chi connectivity index (χ0n) is 9.92. The van der Waals surface area contributed by atoms with Crippen molar-refractivity contribution in [2.75, 3.05) is 11.4 Å². The minimum absolute atomic E-state index is 0.0258. The Hall–Kier alpha value is -0.910. The third kappa shape index (κ3) is 4.04. The number of nitrogens with zero attached hydrogens (tertiary/aromatic N) is 1. The smallest absolute Gasteiger partial charge is 0.305 e. The normalized spacial score (nSPS) is 11.6. The first-order valence-electron chi connectivity index (χ1n) is 5.25. The van der Waals surface area contributed by atoms with Gasteiger partial charge in [0.1, 0.15) is 0 Å². The van der Waals surface area contributed by atoms with Crippen LogP contribution in [-0.2, 0) is 11.0 Å². The first-order chi connectivity index (χ1) is 9.18. The van der Waals surface area contributed by atoms with E-state index in [1.54, 1.807) is 0 Å². The first-order valence-corrected chi connectivity index (χ1v) is 6.50. The minimum Gasteiger partial charge on any atom is -0.305 e. The number of hydrogen-bond acceptors (Lipinski definition) is 1. The van der Waals surface area contributed by atoms with Crippen LogP contribution < -0.4 is 4.90 Å². The molecule has 8 heteroatoms. The van der Waals surface area contributed by atoms with Crippen LogP contribution >= 0.6 is 34.8 Å². The summed E-state index contributed by atoms with van der Waals surface area (Å²) in [7, 11) is 0. The highest BCUT2D eigenvalue weighted by Gasteiger charge is 2.32. The zero-order valence-corrected chi connectivity index (χ0v) is 12.2. The summed E-state index contributed by atoms with van der Waals surface area (Å²) in [5.41, 5.74) is -1.06. The van der Waals surface area contributed by atoms with Crippen molar-refractivity contribution >= 4 is 46.4 Å². The highest BCUT2D eigenvalue weighted by molar-refractivity contribution is 6.54. The van der Waals surface area contributed by atoms with E-state index in [1.165, 1.54) is 6.08 Å². The van der Waals surface area contributed by atoms with Crippen LogP contribution in [-0.4, -0.2) is 17.3 Å². The van der Waals surface area contributed by atoms with E-state index in [0.29, 0.717) is 0 Å². The van der Waals surface area contributed by atoms with Gasteiger partial charge in [0.2, 0.25) is 0 Å². The molecule has 1 aromatic rings. The fourth-order valence-electron chi connectivity index (χ4n) is 1.45. The molecule has 0 aliphatic carbocycles. The van der Waals surface area contributed by atoms with Crippen LogP contribution in [0.2, 0.25) is 5.02 Å². The van der Waals surface area contributed by atoms with Crippen molar-refractivity contribution in [1.29, 1.82) is 0 Å². The van der Waals surface area contributed by atoms with Crippen molar-refractivity contribution in [1.82, 2.24) is 0 Å². The largest absolute Gasteiger partial charge is 0.416 e. The molecule has 0 bridgehead atoms. The van der Waals surface area contributed by atoms with Crippen molar-refractivity contribution in [3.63, 3.8) is 0 Å². The topological polar surface area (TPSA) is 20.3 Å². The molecule has 0 aliphatic heterocycles. The summed E-state index contributed by atoms with van der Waals surface area (Å²) in [5.74, 6) is -0.783. The fraction of sp³-hybridized carbons (Fsp3) is 0.250. The Balaban J connectivity index is 3.32. The molecule has 0 aromatic heterocycles. The van der Waals surface area contributed by atoms with E-state index in [1.807, 2.05) is 0 Å². The Bertz CT molecular complexity index is 517. The average Bonchev–Trinajstić information content (AvgIpc) is 2.34. The van der Waals surface area contributed by atoms with Gasteiger partial charge in [0.15, 0.2) is 4.84 Å². The van der Waals surface area contributed by atoms with Gasteiger partial charge in [-0.1, -0.05) is 40.9 Å². The molecule has 1 aromatic carbocycles. The van der Waals surface area contributed by atoms with Crippen molar-refractivity contribution < 1.29 is 18.0 Å². The summed E-state index contributed by atoms with van der Waals surface area (Å²) in [6.45, 7) is 3.35. The highest BCUT2D eigenvalue weighted by Crippen LogP contribution is 2.35. The summed E-state index contributed by atoms with van der Waals surface area (Å²) in [4.78, 5) is 11.3. The molecular formula is C12H9Cl3F3NO. The van der Waals surface area contributed by atoms with Crippen molar-refractivity contribution in [3.05, 3.63) is 41.4 Å². The molecule has 1 rings (SSSR count). The number of rotatable bonds is 4. The van der Waals surface area contributed by atoms with Crippen LogP contribution in [0, 0.1) is 0 Å². The second-order valence-electron chi connectivity index (χ2n) is 3.70. The molecule has 1 amide bonds. The SMILES string of the molecule is C=CCN(C(=O)C(Cl)Cl)c1cc(C(F)(F)F)ccc1Cl. The van der Waals surface area contributed by atoms with Crippen LogP contribution in [0.3, 0.4) is 0 Å². The number of carbonyl (C=O) groups is 1. The Morgan fingerprint density at radius 1 is 1.40 bits per heavy atom. The standard InChI is InChI=1S/C12H9Cl3F3NO/c1-2-5-19(11(20)10(14)15)9-6-7(12(16,17)18)3-4-8(9)13/h2-4,6,10H,1,5H2. The molecule has 0 N–H and O–H groups in total. The lowest BCUT2D eigenvalue weighted by Gasteiger charge is -2.24. The number of hydrogen-bond donors (Lipinski definition) is 0. The molecule has 0 radical (unpaired) electrons. The van der Waals surface area contributed by atoms with E-state index in [4.69, 9.17) is 34.8 Å². The molecule has 2 nitrogen and oxygen atoms in total. The van der Waals surface area contributed by atoms with E-state index in [-0.39, 0.29) is 17.3 Å². The second kappa shape index (κ2) is 6.70. The molecule has 0 saturated heterocycles. The second-order valence-corrected chi connectivity index (χ2v) is 5.21. The van der Waals surface area contributed by atoms with Crippen molar-refractivity contribution in [2.45, 2.75) is 11.0 Å². The number of alkyl halides is 5. The molecule has 0 spiro atoms. The maximum atomic E-state index is 12.7. The molecule has 0 unspecified atom stereocenters. The molecule has 0 heterocycles. The highest BCUT2D eigenvalue weighted by atomic mass is 35.5. The first kappa shape index (κ1) is 17.1. The maximum absolute atomic E-state index is 12.7. The number of halogens is 6. The summed E-state index contributed by atoms with van der Waals surface area (Å²) >= 11 is 16.8. The van der Waals surface area contributed by atoms with Gasteiger partial charge < -0.3 is 4.90 Å². The van der Waals surface area contributed by atoms with Gasteiger partial charge in [-0.2, -0.15) is 13.2 Å². The van der Waals surface area contributed by atoms with Crippen molar-refractivity contribution in [2.24, 2.45) is 0 Å². The lowest BCUT2D eigenvalue weighted by Crippen LogP contribution is -2.35. The molecule has 0 fully saturated rings. The van der Waals surface area contributed by atoms with Gasteiger partial charge in [-0.05, 0) is 18.2 Å². The molecule has 0 saturated carbocycles. The Labute approximate surface area is 128 Å². The summed E-state index contributed by atoms with van der Waals surface area (Å²) in [6, 6.07) is 2.64. The van der Waals surface area contributed by atoms with E-state index in [9.17, 15) is 18.0 Å². The molecular weight excluding hydrogens is 337 g/mol. The molecule has 0 atom stereocenters. The van der Waals surface area contributed by atoms with Crippen LogP contribution in [0.5, 0.6) is 0 Å². The van der Waals surface area contributed by atoms with E-state index in [0.717, 1.165) is 23.1 Å². The minimum atomic E-state index is -4.55.